The van der Waals surface area contributed by atoms with Crippen molar-refractivity contribution in [1.29, 1.82) is 0 Å². The average molecular weight is 886 g/mol. The summed E-state index contributed by atoms with van der Waals surface area (Å²) in [4.78, 5) is 62.0. The third-order valence-electron chi connectivity index (χ3n) is 9.62. The van der Waals surface area contributed by atoms with Crippen molar-refractivity contribution in [3.05, 3.63) is 57.3 Å². The van der Waals surface area contributed by atoms with E-state index >= 15 is 0 Å². The van der Waals surface area contributed by atoms with Gasteiger partial charge in [0.2, 0.25) is 0 Å². The van der Waals surface area contributed by atoms with Crippen molar-refractivity contribution in [3.63, 3.8) is 0 Å². The Bertz CT molecular complexity index is 2230. The van der Waals surface area contributed by atoms with E-state index in [2.05, 4.69) is 53.2 Å². The summed E-state index contributed by atoms with van der Waals surface area (Å²) in [5.41, 5.74) is 2.59. The minimum atomic E-state index is -5.08. The molecule has 0 radical (unpaired) electrons. The smallest absolute Gasteiger partial charge is 0.475 e. The van der Waals surface area contributed by atoms with Crippen molar-refractivity contribution in [2.24, 2.45) is 0 Å². The number of piperazine rings is 2. The number of aliphatic carboxylic acids is 1. The lowest BCUT2D eigenvalue weighted by Gasteiger charge is -2.46. The highest BCUT2D eigenvalue weighted by Gasteiger charge is 2.41. The molecule has 4 aromatic heterocycles. The zero-order valence-electron chi connectivity index (χ0n) is 35.6. The molecule has 4 aromatic rings. The Morgan fingerprint density at radius 3 is 1.58 bits per heavy atom. The van der Waals surface area contributed by atoms with Crippen LogP contribution in [-0.2, 0) is 9.53 Å². The molecule has 2 aliphatic rings. The molecule has 21 heteroatoms. The second-order valence-corrected chi connectivity index (χ2v) is 18.1. The van der Waals surface area contributed by atoms with Gasteiger partial charge in [-0.3, -0.25) is 9.59 Å². The predicted octanol–water partition coefficient (Wildman–Crippen LogP) is 6.94. The van der Waals surface area contributed by atoms with Gasteiger partial charge in [0.05, 0.1) is 23.5 Å². The Balaban J connectivity index is 0.000000234. The first-order valence-corrected chi connectivity index (χ1v) is 20.0. The largest absolute Gasteiger partial charge is 0.490 e. The SMILES string of the molecule is CC(C)c1cc(Cl)nn2cc(C(=O)N3CCN(C(=O)OC(C)(C)C)CC3(C)C)nc12.CC(C)c1cc(Cl)nn2cc(C(=O)N3CCNCC3(C)C)nc12.O=C(O)C(F)(F)F. The van der Waals surface area contributed by atoms with E-state index in [4.69, 9.17) is 37.8 Å². The number of carbonyl (C=O) groups excluding carboxylic acids is 3. The number of carboxylic acid groups (broad SMARTS) is 1. The van der Waals surface area contributed by atoms with Crippen molar-refractivity contribution in [2.75, 3.05) is 39.3 Å². The van der Waals surface area contributed by atoms with Gasteiger partial charge in [-0.15, -0.1) is 0 Å². The second-order valence-electron chi connectivity index (χ2n) is 17.4. The number of halogens is 5. The zero-order valence-corrected chi connectivity index (χ0v) is 37.1. The fourth-order valence-corrected chi connectivity index (χ4v) is 7.04. The number of carbonyl (C=O) groups is 4. The fourth-order valence-electron chi connectivity index (χ4n) is 6.64. The maximum atomic E-state index is 13.3. The molecule has 2 saturated heterocycles. The van der Waals surface area contributed by atoms with Gasteiger partial charge < -0.3 is 29.9 Å². The van der Waals surface area contributed by atoms with E-state index in [0.29, 0.717) is 59.2 Å². The van der Waals surface area contributed by atoms with Crippen LogP contribution in [0.2, 0.25) is 10.3 Å². The molecular formula is C39H53Cl2F3N10O6. The van der Waals surface area contributed by atoms with Gasteiger partial charge in [0.15, 0.2) is 11.3 Å². The Morgan fingerprint density at radius 1 is 0.783 bits per heavy atom. The first-order valence-electron chi connectivity index (χ1n) is 19.3. The van der Waals surface area contributed by atoms with Gasteiger partial charge in [-0.05, 0) is 72.4 Å². The summed E-state index contributed by atoms with van der Waals surface area (Å²) in [6.45, 7) is 25.1. The summed E-state index contributed by atoms with van der Waals surface area (Å²) < 4.78 is 40.4. The molecular weight excluding hydrogens is 832 g/mol. The highest BCUT2D eigenvalue weighted by Crippen LogP contribution is 2.28. The van der Waals surface area contributed by atoms with Crippen molar-refractivity contribution < 1.29 is 42.2 Å². The number of carboxylic acids is 1. The van der Waals surface area contributed by atoms with E-state index in [1.54, 1.807) is 37.3 Å². The monoisotopic (exact) mass is 884 g/mol. The third-order valence-corrected chi connectivity index (χ3v) is 9.99. The molecule has 60 heavy (non-hydrogen) atoms. The zero-order chi connectivity index (χ0) is 45.3. The fraction of sp³-hybridized carbons (Fsp3) is 0.590. The highest BCUT2D eigenvalue weighted by molar-refractivity contribution is 6.29. The molecule has 16 nitrogen and oxygen atoms in total. The van der Waals surface area contributed by atoms with Crippen molar-refractivity contribution in [2.45, 2.75) is 111 Å². The van der Waals surface area contributed by atoms with Crippen LogP contribution in [0.4, 0.5) is 18.0 Å². The summed E-state index contributed by atoms with van der Waals surface area (Å²) in [5, 5.41) is 19.7. The van der Waals surface area contributed by atoms with E-state index in [1.165, 1.54) is 0 Å². The summed E-state index contributed by atoms with van der Waals surface area (Å²) in [5.74, 6) is -2.58. The van der Waals surface area contributed by atoms with Gasteiger partial charge in [0.1, 0.15) is 27.3 Å². The van der Waals surface area contributed by atoms with Crippen LogP contribution in [0.3, 0.4) is 0 Å². The van der Waals surface area contributed by atoms with Crippen molar-refractivity contribution in [1.82, 2.24) is 49.2 Å². The summed E-state index contributed by atoms with van der Waals surface area (Å²) in [7, 11) is 0. The number of nitrogens with zero attached hydrogens (tertiary/aromatic N) is 9. The lowest BCUT2D eigenvalue weighted by atomic mass is 9.98. The van der Waals surface area contributed by atoms with E-state index in [1.807, 2.05) is 59.4 Å². The number of alkyl halides is 3. The number of fused-ring (bicyclic) bond motifs is 2. The number of amides is 3. The molecule has 2 fully saturated rings. The van der Waals surface area contributed by atoms with Gasteiger partial charge in [-0.2, -0.15) is 23.4 Å². The Kier molecular flexibility index (Phi) is 14.4. The standard InChI is InChI=1S/C21H30ClN5O3.C16H22ClN5O.C2HF3O2/c1-13(2)14-10-16(22)24-27-11-15(23-17(14)27)18(28)26-9-8-25(12-21(26,6)7)19(29)30-20(3,4)5;1-10(2)11-7-13(17)20-22-8-12(19-14(11)22)15(23)21-6-5-18-9-16(21,3)4;3-2(4,5)1(6)7/h10-11,13H,8-9,12H2,1-7H3;7-8,10,18H,5-6,9H2,1-4H3;(H,6,7). The molecule has 330 valence electrons. The van der Waals surface area contributed by atoms with Crippen molar-refractivity contribution >= 4 is 58.4 Å². The molecule has 2 aliphatic heterocycles. The quantitative estimate of drug-likeness (QED) is 0.217. The Labute approximate surface area is 356 Å². The molecule has 0 bridgehead atoms. The van der Waals surface area contributed by atoms with Gasteiger partial charge in [0, 0.05) is 50.4 Å². The number of rotatable bonds is 4. The number of aromatic nitrogens is 6. The third kappa shape index (κ3) is 11.5. The maximum Gasteiger partial charge on any atom is 0.490 e. The summed E-state index contributed by atoms with van der Waals surface area (Å²) in [6.07, 6.45) is -2.16. The van der Waals surface area contributed by atoms with Gasteiger partial charge in [-0.1, -0.05) is 50.9 Å². The van der Waals surface area contributed by atoms with Crippen LogP contribution in [0, 0.1) is 0 Å². The molecule has 0 aliphatic carbocycles. The summed E-state index contributed by atoms with van der Waals surface area (Å²) in [6, 6.07) is 3.60. The molecule has 0 aromatic carbocycles. The number of ether oxygens (including phenoxy) is 1. The molecule has 6 heterocycles. The van der Waals surface area contributed by atoms with E-state index in [-0.39, 0.29) is 35.3 Å². The molecule has 2 N–H and O–H groups in total. The van der Waals surface area contributed by atoms with Crippen LogP contribution in [0.25, 0.3) is 11.3 Å². The molecule has 6 rings (SSSR count). The second kappa shape index (κ2) is 18.1. The van der Waals surface area contributed by atoms with Crippen LogP contribution in [0.15, 0.2) is 24.5 Å². The van der Waals surface area contributed by atoms with Gasteiger partial charge in [0.25, 0.3) is 11.8 Å². The van der Waals surface area contributed by atoms with Crippen LogP contribution in [0.1, 0.15) is 120 Å². The van der Waals surface area contributed by atoms with E-state index in [9.17, 15) is 27.6 Å². The molecule has 0 unspecified atom stereocenters. The molecule has 0 atom stereocenters. The summed E-state index contributed by atoms with van der Waals surface area (Å²) >= 11 is 12.2. The first-order chi connectivity index (χ1) is 27.5. The lowest BCUT2D eigenvalue weighted by Crippen LogP contribution is -2.62. The van der Waals surface area contributed by atoms with Crippen LogP contribution in [-0.4, -0.2) is 135 Å². The topological polar surface area (TPSA) is 180 Å². The normalized spacial score (nSPS) is 16.7. The van der Waals surface area contributed by atoms with Crippen LogP contribution < -0.4 is 5.32 Å². The number of imidazole rings is 2. The van der Waals surface area contributed by atoms with E-state index in [0.717, 1.165) is 24.2 Å². The first kappa shape index (κ1) is 47.9. The minimum absolute atomic E-state index is 0.0622. The van der Waals surface area contributed by atoms with Crippen LogP contribution >= 0.6 is 23.2 Å². The lowest BCUT2D eigenvalue weighted by molar-refractivity contribution is -0.192. The molecule has 0 saturated carbocycles. The average Bonchev–Trinajstić information content (AvgIpc) is 3.74. The highest BCUT2D eigenvalue weighted by atomic mass is 35.5. The maximum absolute atomic E-state index is 13.3. The van der Waals surface area contributed by atoms with Gasteiger partial charge >= 0.3 is 18.2 Å². The minimum Gasteiger partial charge on any atom is -0.475 e. The Morgan fingerprint density at radius 2 is 1.22 bits per heavy atom. The molecule has 3 amide bonds. The van der Waals surface area contributed by atoms with Gasteiger partial charge in [-0.25, -0.2) is 28.6 Å². The van der Waals surface area contributed by atoms with E-state index < -0.39 is 23.3 Å². The van der Waals surface area contributed by atoms with Crippen LogP contribution in [0.5, 0.6) is 0 Å². The van der Waals surface area contributed by atoms with Crippen molar-refractivity contribution in [3.8, 4) is 0 Å². The number of hydrogen-bond acceptors (Lipinski definition) is 10. The molecule has 0 spiro atoms. The number of hydrogen-bond donors (Lipinski definition) is 2. The number of nitrogens with one attached hydrogen (secondary N) is 1. The predicted molar refractivity (Wildman–Crippen MR) is 219 cm³/mol. The Hall–Kier alpha value is -4.75.